The second-order valence-electron chi connectivity index (χ2n) is 6.93. The number of benzene rings is 1. The first-order chi connectivity index (χ1) is 12.3. The molecule has 1 aromatic heterocycles. The first-order valence-electron chi connectivity index (χ1n) is 8.66. The maximum atomic E-state index is 13.1. The molecule has 3 rings (SSSR count). The van der Waals surface area contributed by atoms with Gasteiger partial charge in [-0.3, -0.25) is 19.0 Å². The van der Waals surface area contributed by atoms with E-state index in [0.717, 1.165) is 0 Å². The summed E-state index contributed by atoms with van der Waals surface area (Å²) in [5.41, 5.74) is -2.41. The first-order valence-corrected chi connectivity index (χ1v) is 8.66. The fourth-order valence-corrected chi connectivity index (χ4v) is 3.71. The van der Waals surface area contributed by atoms with Gasteiger partial charge in [0.2, 0.25) is 5.41 Å². The van der Waals surface area contributed by atoms with Crippen LogP contribution in [-0.4, -0.2) is 34.7 Å². The molecule has 0 unspecified atom stereocenters. The normalized spacial score (nSPS) is 16.9. The molecule has 0 spiro atoms. The van der Waals surface area contributed by atoms with E-state index in [1.165, 1.54) is 4.57 Å². The zero-order valence-electron chi connectivity index (χ0n) is 15.4. The molecule has 0 N–H and O–H groups in total. The van der Waals surface area contributed by atoms with Crippen LogP contribution in [0.1, 0.15) is 39.9 Å². The molecule has 1 aliphatic rings. The van der Waals surface area contributed by atoms with Crippen molar-refractivity contribution in [3.05, 3.63) is 40.4 Å². The summed E-state index contributed by atoms with van der Waals surface area (Å²) >= 11 is 0. The molecule has 7 nitrogen and oxygen atoms in total. The maximum Gasteiger partial charge on any atom is 0.331 e. The maximum absolute atomic E-state index is 13.1. The van der Waals surface area contributed by atoms with Crippen molar-refractivity contribution in [3.8, 4) is 0 Å². The molecule has 0 aliphatic carbocycles. The Morgan fingerprint density at radius 2 is 1.69 bits per heavy atom. The second kappa shape index (κ2) is 6.23. The standard InChI is InChI=1S/C19H22N2O5/c1-5-25-16(23)19(17(24)26-6-2)11-18(3,4)21-14(22)12-9-7-8-10-13(12)20-15(19)21/h7-10H,5-6,11H2,1-4H3. The molecule has 0 amide bonds. The highest BCUT2D eigenvalue weighted by atomic mass is 16.6. The lowest BCUT2D eigenvalue weighted by Gasteiger charge is -2.25. The predicted octanol–water partition coefficient (Wildman–Crippen LogP) is 1.90. The van der Waals surface area contributed by atoms with Crippen molar-refractivity contribution in [1.29, 1.82) is 0 Å². The second-order valence-corrected chi connectivity index (χ2v) is 6.93. The molecule has 2 aromatic rings. The fraction of sp³-hybridized carbons (Fsp3) is 0.474. The van der Waals surface area contributed by atoms with Crippen molar-refractivity contribution < 1.29 is 19.1 Å². The summed E-state index contributed by atoms with van der Waals surface area (Å²) in [6.45, 7) is 7.15. The Kier molecular flexibility index (Phi) is 4.34. The summed E-state index contributed by atoms with van der Waals surface area (Å²) < 4.78 is 11.8. The Bertz CT molecular complexity index is 927. The topological polar surface area (TPSA) is 87.5 Å². The van der Waals surface area contributed by atoms with Gasteiger partial charge in [-0.25, -0.2) is 4.98 Å². The SMILES string of the molecule is CCOC(=O)C1(C(=O)OCC)CC(C)(C)n2c1nc1ccccc1c2=O. The molecule has 0 saturated carbocycles. The molecule has 1 aromatic carbocycles. The number of hydrogen-bond acceptors (Lipinski definition) is 6. The van der Waals surface area contributed by atoms with Gasteiger partial charge in [-0.05, 0) is 39.8 Å². The molecule has 1 aliphatic heterocycles. The van der Waals surface area contributed by atoms with Gasteiger partial charge in [0.25, 0.3) is 5.56 Å². The molecule has 0 saturated heterocycles. The van der Waals surface area contributed by atoms with Gasteiger partial charge in [-0.2, -0.15) is 0 Å². The van der Waals surface area contributed by atoms with E-state index in [0.29, 0.717) is 10.9 Å². The van der Waals surface area contributed by atoms with Crippen LogP contribution in [0.2, 0.25) is 0 Å². The van der Waals surface area contributed by atoms with Crippen molar-refractivity contribution in [2.45, 2.75) is 45.1 Å². The number of ether oxygens (including phenoxy) is 2. The number of fused-ring (bicyclic) bond motifs is 2. The lowest BCUT2D eigenvalue weighted by molar-refractivity contribution is -0.165. The van der Waals surface area contributed by atoms with Crippen LogP contribution in [0, 0.1) is 0 Å². The third-order valence-electron chi connectivity index (χ3n) is 4.71. The predicted molar refractivity (Wildman–Crippen MR) is 94.9 cm³/mol. The largest absolute Gasteiger partial charge is 0.465 e. The van der Waals surface area contributed by atoms with Crippen molar-refractivity contribution in [2.75, 3.05) is 13.2 Å². The Morgan fingerprint density at radius 1 is 1.12 bits per heavy atom. The number of aromatic nitrogens is 2. The zero-order chi connectivity index (χ0) is 19.1. The average molecular weight is 358 g/mol. The van der Waals surface area contributed by atoms with Crippen LogP contribution in [-0.2, 0) is 30.0 Å². The van der Waals surface area contributed by atoms with Crippen LogP contribution in [0.3, 0.4) is 0 Å². The number of para-hydroxylation sites is 1. The smallest absolute Gasteiger partial charge is 0.331 e. The Labute approximate surface area is 150 Å². The highest BCUT2D eigenvalue weighted by Gasteiger charge is 2.62. The van der Waals surface area contributed by atoms with Crippen molar-refractivity contribution in [2.24, 2.45) is 0 Å². The summed E-state index contributed by atoms with van der Waals surface area (Å²) in [6.07, 6.45) is 0.0518. The number of hydrogen-bond donors (Lipinski definition) is 0. The van der Waals surface area contributed by atoms with Crippen LogP contribution in [0.25, 0.3) is 10.9 Å². The average Bonchev–Trinajstić information content (AvgIpc) is 2.84. The van der Waals surface area contributed by atoms with Gasteiger partial charge in [0.1, 0.15) is 5.82 Å². The number of carbonyl (C=O) groups is 2. The Balaban J connectivity index is 2.39. The molecule has 26 heavy (non-hydrogen) atoms. The van der Waals surface area contributed by atoms with Gasteiger partial charge in [0.15, 0.2) is 0 Å². The van der Waals surface area contributed by atoms with Crippen LogP contribution in [0.5, 0.6) is 0 Å². The summed E-state index contributed by atoms with van der Waals surface area (Å²) in [6, 6.07) is 6.87. The van der Waals surface area contributed by atoms with Gasteiger partial charge >= 0.3 is 11.9 Å². The highest BCUT2D eigenvalue weighted by molar-refractivity contribution is 6.06. The third-order valence-corrected chi connectivity index (χ3v) is 4.71. The Morgan fingerprint density at radius 3 is 2.27 bits per heavy atom. The van der Waals surface area contributed by atoms with E-state index in [9.17, 15) is 14.4 Å². The van der Waals surface area contributed by atoms with Gasteiger partial charge in [-0.1, -0.05) is 12.1 Å². The summed E-state index contributed by atoms with van der Waals surface area (Å²) in [5, 5.41) is 0.438. The number of esters is 2. The Hall–Kier alpha value is -2.70. The minimum Gasteiger partial charge on any atom is -0.465 e. The molecule has 0 atom stereocenters. The summed E-state index contributed by atoms with van der Waals surface area (Å²) in [5.74, 6) is -1.39. The first kappa shape index (κ1) is 18.1. The highest BCUT2D eigenvalue weighted by Crippen LogP contribution is 2.45. The van der Waals surface area contributed by atoms with E-state index in [2.05, 4.69) is 4.98 Å². The number of carbonyl (C=O) groups excluding carboxylic acids is 2. The van der Waals surface area contributed by atoms with Gasteiger partial charge in [0, 0.05) is 12.0 Å². The van der Waals surface area contributed by atoms with Crippen molar-refractivity contribution in [1.82, 2.24) is 9.55 Å². The molecular weight excluding hydrogens is 336 g/mol. The van der Waals surface area contributed by atoms with Gasteiger partial charge < -0.3 is 9.47 Å². The van der Waals surface area contributed by atoms with Gasteiger partial charge in [-0.15, -0.1) is 0 Å². The van der Waals surface area contributed by atoms with Gasteiger partial charge in [0.05, 0.1) is 24.1 Å². The van der Waals surface area contributed by atoms with Crippen molar-refractivity contribution in [3.63, 3.8) is 0 Å². The monoisotopic (exact) mass is 358 g/mol. The van der Waals surface area contributed by atoms with E-state index in [-0.39, 0.29) is 31.0 Å². The lowest BCUT2D eigenvalue weighted by atomic mass is 9.80. The molecule has 0 bridgehead atoms. The summed E-state index contributed by atoms with van der Waals surface area (Å²) in [4.78, 5) is 43.4. The van der Waals surface area contributed by atoms with E-state index in [1.807, 2.05) is 0 Å². The molecule has 0 fully saturated rings. The number of rotatable bonds is 4. The zero-order valence-corrected chi connectivity index (χ0v) is 15.4. The minimum atomic E-state index is -1.75. The third kappa shape index (κ3) is 2.41. The molecule has 0 radical (unpaired) electrons. The minimum absolute atomic E-state index is 0.0518. The number of nitrogens with zero attached hydrogens (tertiary/aromatic N) is 2. The summed E-state index contributed by atoms with van der Waals surface area (Å²) in [7, 11) is 0. The quantitative estimate of drug-likeness (QED) is 0.613. The van der Waals surface area contributed by atoms with Crippen LogP contribution >= 0.6 is 0 Å². The molecular formula is C19H22N2O5. The fourth-order valence-electron chi connectivity index (χ4n) is 3.71. The molecule has 7 heteroatoms. The van der Waals surface area contributed by atoms with E-state index in [1.54, 1.807) is 52.0 Å². The van der Waals surface area contributed by atoms with Crippen LogP contribution in [0.15, 0.2) is 29.1 Å². The van der Waals surface area contributed by atoms with E-state index in [4.69, 9.17) is 9.47 Å². The van der Waals surface area contributed by atoms with Crippen LogP contribution in [0.4, 0.5) is 0 Å². The molecule has 138 valence electrons. The van der Waals surface area contributed by atoms with E-state index < -0.39 is 22.9 Å². The molecule has 2 heterocycles. The van der Waals surface area contributed by atoms with E-state index >= 15 is 0 Å². The van der Waals surface area contributed by atoms with Crippen LogP contribution < -0.4 is 5.56 Å². The van der Waals surface area contributed by atoms with Crippen molar-refractivity contribution >= 4 is 22.8 Å². The lowest BCUT2D eigenvalue weighted by Crippen LogP contribution is -2.46.